The van der Waals surface area contributed by atoms with Crippen LogP contribution in [0.1, 0.15) is 24.5 Å². The van der Waals surface area contributed by atoms with Crippen LogP contribution in [0.3, 0.4) is 0 Å². The van der Waals surface area contributed by atoms with Gasteiger partial charge < -0.3 is 5.11 Å². The lowest BCUT2D eigenvalue weighted by atomic mass is 9.80. The van der Waals surface area contributed by atoms with Gasteiger partial charge in [0.1, 0.15) is 0 Å². The molecule has 0 amide bonds. The third-order valence-electron chi connectivity index (χ3n) is 3.74. The molecule has 2 aliphatic rings. The van der Waals surface area contributed by atoms with Gasteiger partial charge in [0.15, 0.2) is 0 Å². The van der Waals surface area contributed by atoms with Crippen LogP contribution in [0.25, 0.3) is 0 Å². The van der Waals surface area contributed by atoms with Crippen molar-refractivity contribution in [2.45, 2.75) is 24.8 Å². The van der Waals surface area contributed by atoms with Crippen LogP contribution in [0.5, 0.6) is 0 Å². The van der Waals surface area contributed by atoms with Gasteiger partial charge in [-0.1, -0.05) is 6.07 Å². The molecule has 17 heavy (non-hydrogen) atoms. The van der Waals surface area contributed by atoms with E-state index in [2.05, 4.69) is 21.2 Å². The quantitative estimate of drug-likeness (QED) is 0.851. The van der Waals surface area contributed by atoms with Gasteiger partial charge in [0.05, 0.1) is 11.6 Å². The molecule has 0 saturated heterocycles. The summed E-state index contributed by atoms with van der Waals surface area (Å²) in [5, 5.41) is 15.6. The molecule has 0 aromatic carbocycles. The van der Waals surface area contributed by atoms with Crippen molar-refractivity contribution in [2.75, 3.05) is 13.2 Å². The smallest absolute Gasteiger partial charge is 0.0576 e. The van der Waals surface area contributed by atoms with Crippen LogP contribution >= 0.6 is 0 Å². The van der Waals surface area contributed by atoms with E-state index < -0.39 is 0 Å². The van der Waals surface area contributed by atoms with Crippen molar-refractivity contribution in [1.82, 2.24) is 9.99 Å². The molecule has 2 heterocycles. The number of aromatic nitrogens is 1. The van der Waals surface area contributed by atoms with Gasteiger partial charge in [-0.15, -0.1) is 0 Å². The molecule has 1 aliphatic carbocycles. The molecule has 3 rings (SSSR count). The Morgan fingerprint density at radius 3 is 2.94 bits per heavy atom. The van der Waals surface area contributed by atoms with Crippen LogP contribution in [0.4, 0.5) is 0 Å². The molecule has 4 heteroatoms. The Balaban J connectivity index is 1.59. The molecule has 90 valence electrons. The molecular formula is C13H17N3O. The summed E-state index contributed by atoms with van der Waals surface area (Å²) < 4.78 is 0. The highest BCUT2D eigenvalue weighted by atomic mass is 16.3. The molecular weight excluding hydrogens is 214 g/mol. The van der Waals surface area contributed by atoms with E-state index in [4.69, 9.17) is 5.11 Å². The summed E-state index contributed by atoms with van der Waals surface area (Å²) >= 11 is 0. The molecule has 1 atom stereocenters. The van der Waals surface area contributed by atoms with E-state index in [1.807, 2.05) is 24.5 Å². The first-order valence-corrected chi connectivity index (χ1v) is 6.19. The fourth-order valence-corrected chi connectivity index (χ4v) is 2.56. The predicted octanol–water partition coefficient (Wildman–Crippen LogP) is 1.24. The highest BCUT2D eigenvalue weighted by Crippen LogP contribution is 2.34. The molecule has 4 nitrogen and oxygen atoms in total. The number of pyridine rings is 1. The van der Waals surface area contributed by atoms with Gasteiger partial charge in [-0.2, -0.15) is 5.10 Å². The Labute approximate surface area is 101 Å². The van der Waals surface area contributed by atoms with E-state index >= 15 is 0 Å². The van der Waals surface area contributed by atoms with Crippen LogP contribution < -0.4 is 0 Å². The largest absolute Gasteiger partial charge is 0.396 e. The lowest BCUT2D eigenvalue weighted by Crippen LogP contribution is -2.42. The van der Waals surface area contributed by atoms with Crippen LogP contribution in [0.2, 0.25) is 0 Å². The Morgan fingerprint density at radius 1 is 1.35 bits per heavy atom. The molecule has 0 bridgehead atoms. The van der Waals surface area contributed by atoms with Crippen molar-refractivity contribution in [2.24, 2.45) is 11.0 Å². The van der Waals surface area contributed by atoms with Crippen molar-refractivity contribution >= 4 is 6.21 Å². The van der Waals surface area contributed by atoms with E-state index in [0.717, 1.165) is 25.1 Å². The van der Waals surface area contributed by atoms with Crippen LogP contribution in [-0.2, 0) is 0 Å². The summed E-state index contributed by atoms with van der Waals surface area (Å²) in [5.41, 5.74) is 1.09. The zero-order chi connectivity index (χ0) is 11.7. The van der Waals surface area contributed by atoms with Crippen molar-refractivity contribution in [1.29, 1.82) is 0 Å². The fraction of sp³-hybridized carbons (Fsp3) is 0.538. The van der Waals surface area contributed by atoms with Crippen molar-refractivity contribution in [3.8, 4) is 0 Å². The molecule has 1 fully saturated rings. The molecule has 1 N–H and O–H groups in total. The van der Waals surface area contributed by atoms with E-state index in [-0.39, 0.29) is 0 Å². The van der Waals surface area contributed by atoms with Gasteiger partial charge in [0, 0.05) is 31.6 Å². The first-order valence-electron chi connectivity index (χ1n) is 6.19. The van der Waals surface area contributed by atoms with Gasteiger partial charge >= 0.3 is 0 Å². The number of rotatable bonds is 3. The van der Waals surface area contributed by atoms with Gasteiger partial charge in [0.25, 0.3) is 0 Å². The molecule has 1 aromatic heterocycles. The second-order valence-electron chi connectivity index (χ2n) is 4.92. The van der Waals surface area contributed by atoms with Gasteiger partial charge in [-0.25, -0.2) is 0 Å². The number of hydrogen-bond donors (Lipinski definition) is 1. The molecule has 1 saturated carbocycles. The lowest BCUT2D eigenvalue weighted by Gasteiger charge is -2.39. The standard InChI is InChI=1S/C13H17N3O/c17-9-10-5-12(6-10)16-8-11(7-15-16)13-3-1-2-4-14-13/h1-4,7,10-12,17H,5-6,8-9H2. The summed E-state index contributed by atoms with van der Waals surface area (Å²) in [6, 6.07) is 6.53. The summed E-state index contributed by atoms with van der Waals surface area (Å²) in [6.07, 6.45) is 5.97. The predicted molar refractivity (Wildman–Crippen MR) is 65.8 cm³/mol. The van der Waals surface area contributed by atoms with Crippen molar-refractivity contribution in [3.05, 3.63) is 30.1 Å². The van der Waals surface area contributed by atoms with E-state index in [9.17, 15) is 0 Å². The van der Waals surface area contributed by atoms with Crippen LogP contribution in [0.15, 0.2) is 29.5 Å². The highest BCUT2D eigenvalue weighted by molar-refractivity contribution is 5.68. The topological polar surface area (TPSA) is 48.7 Å². The average molecular weight is 231 g/mol. The number of hydrazone groups is 1. The summed E-state index contributed by atoms with van der Waals surface area (Å²) in [5.74, 6) is 0.813. The second-order valence-corrected chi connectivity index (χ2v) is 4.92. The van der Waals surface area contributed by atoms with E-state index in [1.165, 1.54) is 0 Å². The minimum absolute atomic E-state index is 0.317. The maximum absolute atomic E-state index is 9.01. The average Bonchev–Trinajstić information content (AvgIpc) is 2.78. The Hall–Kier alpha value is -1.42. The Morgan fingerprint density at radius 2 is 2.24 bits per heavy atom. The third-order valence-corrected chi connectivity index (χ3v) is 3.74. The first kappa shape index (κ1) is 10.7. The Kier molecular flexibility index (Phi) is 2.81. The lowest BCUT2D eigenvalue weighted by molar-refractivity contribution is 0.0522. The normalized spacial score (nSPS) is 31.6. The number of hydrogen-bond acceptors (Lipinski definition) is 4. The highest BCUT2D eigenvalue weighted by Gasteiger charge is 2.35. The van der Waals surface area contributed by atoms with Crippen molar-refractivity contribution in [3.63, 3.8) is 0 Å². The molecule has 1 unspecified atom stereocenters. The molecule has 1 aliphatic heterocycles. The van der Waals surface area contributed by atoms with E-state index in [0.29, 0.717) is 24.5 Å². The first-order chi connectivity index (χ1) is 8.36. The second kappa shape index (κ2) is 4.45. The number of nitrogens with zero attached hydrogens (tertiary/aromatic N) is 3. The molecule has 0 spiro atoms. The minimum Gasteiger partial charge on any atom is -0.396 e. The number of aliphatic hydroxyl groups excluding tert-OH is 1. The summed E-state index contributed by atoms with van der Waals surface area (Å²) in [6.45, 7) is 1.25. The Bertz CT molecular complexity index is 400. The maximum Gasteiger partial charge on any atom is 0.0576 e. The van der Waals surface area contributed by atoms with Gasteiger partial charge in [-0.3, -0.25) is 9.99 Å². The molecule has 0 radical (unpaired) electrons. The van der Waals surface area contributed by atoms with Gasteiger partial charge in [-0.05, 0) is 30.9 Å². The zero-order valence-corrected chi connectivity index (χ0v) is 9.74. The number of aliphatic hydroxyl groups is 1. The summed E-state index contributed by atoms with van der Waals surface area (Å²) in [4.78, 5) is 4.37. The summed E-state index contributed by atoms with van der Waals surface area (Å²) in [7, 11) is 0. The van der Waals surface area contributed by atoms with Gasteiger partial charge in [0.2, 0.25) is 0 Å². The minimum atomic E-state index is 0.317. The van der Waals surface area contributed by atoms with Crippen molar-refractivity contribution < 1.29 is 5.11 Å². The maximum atomic E-state index is 9.01. The SMILES string of the molecule is OCC1CC(N2CC(c3ccccn3)C=N2)C1. The third kappa shape index (κ3) is 2.05. The monoisotopic (exact) mass is 231 g/mol. The van der Waals surface area contributed by atoms with Crippen LogP contribution in [0, 0.1) is 5.92 Å². The van der Waals surface area contributed by atoms with E-state index in [1.54, 1.807) is 0 Å². The molecule has 1 aromatic rings. The van der Waals surface area contributed by atoms with Crippen LogP contribution in [-0.4, -0.2) is 40.5 Å². The fourth-order valence-electron chi connectivity index (χ4n) is 2.56. The zero-order valence-electron chi connectivity index (χ0n) is 9.74.